The van der Waals surface area contributed by atoms with Crippen LogP contribution >= 0.6 is 0 Å². The highest BCUT2D eigenvalue weighted by atomic mass is 15.3. The molecule has 3 heterocycles. The van der Waals surface area contributed by atoms with E-state index in [2.05, 4.69) is 31.9 Å². The molecule has 2 aromatic heterocycles. The fraction of sp³-hybridized carbons (Fsp3) is 0.375. The van der Waals surface area contributed by atoms with Crippen LogP contribution in [0.3, 0.4) is 0 Å². The number of pyridine rings is 2. The van der Waals surface area contributed by atoms with Crippen molar-refractivity contribution in [2.75, 3.05) is 36.8 Å². The van der Waals surface area contributed by atoms with Crippen LogP contribution in [0.1, 0.15) is 11.4 Å². The molecular weight excluding hydrogens is 262 g/mol. The molecule has 0 spiro atoms. The predicted molar refractivity (Wildman–Crippen MR) is 85.1 cm³/mol. The van der Waals surface area contributed by atoms with Crippen LogP contribution in [0.25, 0.3) is 0 Å². The second-order valence-corrected chi connectivity index (χ2v) is 5.48. The highest BCUT2D eigenvalue weighted by Gasteiger charge is 2.18. The Hall–Kier alpha value is -2.14. The lowest BCUT2D eigenvalue weighted by Gasteiger charge is -2.35. The van der Waals surface area contributed by atoms with Gasteiger partial charge in [-0.2, -0.15) is 0 Å². The minimum Gasteiger partial charge on any atom is -0.397 e. The first-order valence-corrected chi connectivity index (χ1v) is 7.32. The van der Waals surface area contributed by atoms with Crippen molar-refractivity contribution in [1.29, 1.82) is 0 Å². The Morgan fingerprint density at radius 3 is 2.57 bits per heavy atom. The van der Waals surface area contributed by atoms with Gasteiger partial charge in [0.2, 0.25) is 0 Å². The van der Waals surface area contributed by atoms with E-state index < -0.39 is 0 Å². The molecular formula is C16H21N5. The van der Waals surface area contributed by atoms with E-state index in [4.69, 9.17) is 5.73 Å². The Morgan fingerprint density at radius 1 is 1.10 bits per heavy atom. The summed E-state index contributed by atoms with van der Waals surface area (Å²) in [6.07, 6.45) is 1.72. The van der Waals surface area contributed by atoms with E-state index in [0.29, 0.717) is 5.69 Å². The van der Waals surface area contributed by atoms with E-state index >= 15 is 0 Å². The van der Waals surface area contributed by atoms with Gasteiger partial charge in [-0.3, -0.25) is 9.88 Å². The number of nitrogens with zero attached hydrogens (tertiary/aromatic N) is 4. The van der Waals surface area contributed by atoms with Gasteiger partial charge in [0.05, 0.1) is 17.6 Å². The van der Waals surface area contributed by atoms with Gasteiger partial charge in [-0.15, -0.1) is 0 Å². The summed E-state index contributed by atoms with van der Waals surface area (Å²) in [5, 5.41) is 0. The highest BCUT2D eigenvalue weighted by molar-refractivity contribution is 5.46. The summed E-state index contributed by atoms with van der Waals surface area (Å²) < 4.78 is 0. The number of anilines is 2. The first-order valence-electron chi connectivity index (χ1n) is 7.32. The Labute approximate surface area is 125 Å². The molecule has 0 aliphatic carbocycles. The molecule has 0 saturated carbocycles. The lowest BCUT2D eigenvalue weighted by molar-refractivity contribution is 0.246. The van der Waals surface area contributed by atoms with Crippen molar-refractivity contribution in [3.8, 4) is 0 Å². The number of piperazine rings is 1. The van der Waals surface area contributed by atoms with Crippen LogP contribution < -0.4 is 10.6 Å². The largest absolute Gasteiger partial charge is 0.397 e. The SMILES string of the molecule is Cc1cccc(CN2CCN(c3ccc(N)cn3)CC2)n1. The van der Waals surface area contributed by atoms with Crippen LogP contribution in [0.2, 0.25) is 0 Å². The van der Waals surface area contributed by atoms with Gasteiger partial charge in [-0.25, -0.2) is 4.98 Å². The van der Waals surface area contributed by atoms with Gasteiger partial charge in [0.1, 0.15) is 5.82 Å². The molecule has 0 radical (unpaired) electrons. The van der Waals surface area contributed by atoms with Gasteiger partial charge in [0.25, 0.3) is 0 Å². The average molecular weight is 283 g/mol. The molecule has 110 valence electrons. The Bertz CT molecular complexity index is 588. The molecule has 3 rings (SSSR count). The number of rotatable bonds is 3. The van der Waals surface area contributed by atoms with Gasteiger partial charge >= 0.3 is 0 Å². The quantitative estimate of drug-likeness (QED) is 0.929. The van der Waals surface area contributed by atoms with E-state index in [1.807, 2.05) is 25.1 Å². The van der Waals surface area contributed by atoms with Crippen molar-refractivity contribution in [2.24, 2.45) is 0 Å². The Morgan fingerprint density at radius 2 is 1.90 bits per heavy atom. The molecule has 21 heavy (non-hydrogen) atoms. The Kier molecular flexibility index (Phi) is 4.01. The summed E-state index contributed by atoms with van der Waals surface area (Å²) in [7, 11) is 0. The van der Waals surface area contributed by atoms with Gasteiger partial charge in [0, 0.05) is 38.4 Å². The third-order valence-corrected chi connectivity index (χ3v) is 3.80. The molecule has 1 aliphatic rings. The number of nitrogens with two attached hydrogens (primary N) is 1. The van der Waals surface area contributed by atoms with Gasteiger partial charge in [-0.05, 0) is 31.2 Å². The first kappa shape index (κ1) is 13.8. The second kappa shape index (κ2) is 6.10. The molecule has 2 aromatic rings. The van der Waals surface area contributed by atoms with E-state index in [9.17, 15) is 0 Å². The van der Waals surface area contributed by atoms with Crippen molar-refractivity contribution in [1.82, 2.24) is 14.9 Å². The maximum Gasteiger partial charge on any atom is 0.128 e. The zero-order chi connectivity index (χ0) is 14.7. The maximum absolute atomic E-state index is 5.68. The summed E-state index contributed by atoms with van der Waals surface area (Å²) in [6.45, 7) is 6.99. The fourth-order valence-corrected chi connectivity index (χ4v) is 2.64. The van der Waals surface area contributed by atoms with Gasteiger partial charge in [0.15, 0.2) is 0 Å². The van der Waals surface area contributed by atoms with E-state index in [0.717, 1.165) is 49.9 Å². The summed E-state index contributed by atoms with van der Waals surface area (Å²) in [6, 6.07) is 10.1. The summed E-state index contributed by atoms with van der Waals surface area (Å²) in [5.41, 5.74) is 8.62. The fourth-order valence-electron chi connectivity index (χ4n) is 2.64. The van der Waals surface area contributed by atoms with E-state index in [1.165, 1.54) is 0 Å². The second-order valence-electron chi connectivity index (χ2n) is 5.48. The lowest BCUT2D eigenvalue weighted by Crippen LogP contribution is -2.46. The van der Waals surface area contributed by atoms with Gasteiger partial charge in [-0.1, -0.05) is 6.07 Å². The minimum absolute atomic E-state index is 0.711. The molecule has 0 amide bonds. The molecule has 0 aromatic carbocycles. The maximum atomic E-state index is 5.68. The van der Waals surface area contributed by atoms with Crippen LogP contribution in [0.5, 0.6) is 0 Å². The zero-order valence-electron chi connectivity index (χ0n) is 12.4. The minimum atomic E-state index is 0.711. The van der Waals surface area contributed by atoms with Crippen molar-refractivity contribution in [3.63, 3.8) is 0 Å². The molecule has 5 heteroatoms. The molecule has 2 N–H and O–H groups in total. The van der Waals surface area contributed by atoms with Crippen molar-refractivity contribution in [2.45, 2.75) is 13.5 Å². The van der Waals surface area contributed by atoms with Gasteiger partial charge < -0.3 is 10.6 Å². The molecule has 5 nitrogen and oxygen atoms in total. The van der Waals surface area contributed by atoms with Crippen molar-refractivity contribution >= 4 is 11.5 Å². The van der Waals surface area contributed by atoms with Crippen molar-refractivity contribution < 1.29 is 0 Å². The number of nitrogen functional groups attached to an aromatic ring is 1. The average Bonchev–Trinajstić information content (AvgIpc) is 2.49. The summed E-state index contributed by atoms with van der Waals surface area (Å²) in [5.74, 6) is 1.01. The predicted octanol–water partition coefficient (Wildman–Crippen LogP) is 1.69. The van der Waals surface area contributed by atoms with Crippen LogP contribution in [-0.4, -0.2) is 41.0 Å². The normalized spacial score (nSPS) is 16.1. The molecule has 0 bridgehead atoms. The molecule has 0 atom stereocenters. The molecule has 1 fully saturated rings. The van der Waals surface area contributed by atoms with Crippen LogP contribution in [0.4, 0.5) is 11.5 Å². The molecule has 0 unspecified atom stereocenters. The number of hydrogen-bond donors (Lipinski definition) is 1. The van der Waals surface area contributed by atoms with Crippen molar-refractivity contribution in [3.05, 3.63) is 47.9 Å². The third kappa shape index (κ3) is 3.49. The lowest BCUT2D eigenvalue weighted by atomic mass is 10.2. The third-order valence-electron chi connectivity index (χ3n) is 3.80. The summed E-state index contributed by atoms with van der Waals surface area (Å²) >= 11 is 0. The number of aryl methyl sites for hydroxylation is 1. The van der Waals surface area contributed by atoms with Crippen LogP contribution in [0, 0.1) is 6.92 Å². The van der Waals surface area contributed by atoms with E-state index in [-0.39, 0.29) is 0 Å². The number of hydrogen-bond acceptors (Lipinski definition) is 5. The topological polar surface area (TPSA) is 58.3 Å². The van der Waals surface area contributed by atoms with Crippen LogP contribution in [-0.2, 0) is 6.54 Å². The monoisotopic (exact) mass is 283 g/mol. The smallest absolute Gasteiger partial charge is 0.128 e. The van der Waals surface area contributed by atoms with Crippen LogP contribution in [0.15, 0.2) is 36.5 Å². The number of aromatic nitrogens is 2. The van der Waals surface area contributed by atoms with E-state index in [1.54, 1.807) is 6.20 Å². The first-order chi connectivity index (χ1) is 10.2. The molecule has 1 saturated heterocycles. The highest BCUT2D eigenvalue weighted by Crippen LogP contribution is 2.15. The zero-order valence-corrected chi connectivity index (χ0v) is 12.4. The molecule has 1 aliphatic heterocycles. The standard InChI is InChI=1S/C16H21N5/c1-13-3-2-4-15(19-13)12-20-7-9-21(10-8-20)16-6-5-14(17)11-18-16/h2-6,11H,7-10,12,17H2,1H3. The summed E-state index contributed by atoms with van der Waals surface area (Å²) in [4.78, 5) is 13.7. The Balaban J connectivity index is 1.56.